The van der Waals surface area contributed by atoms with Crippen molar-refractivity contribution in [1.29, 1.82) is 0 Å². The minimum absolute atomic E-state index is 0.0530. The number of hydrogen-bond acceptors (Lipinski definition) is 19. The van der Waals surface area contributed by atoms with Gasteiger partial charge in [0, 0.05) is 67.5 Å². The predicted molar refractivity (Wildman–Crippen MR) is 374 cm³/mol. The van der Waals surface area contributed by atoms with E-state index in [2.05, 4.69) is 37.8 Å². The van der Waals surface area contributed by atoms with E-state index in [-0.39, 0.29) is 94.4 Å². The second kappa shape index (κ2) is 32.0. The first-order chi connectivity index (χ1) is 46.9. The molecule has 0 aliphatic carbocycles. The number of aliphatic carboxylic acids is 2. The van der Waals surface area contributed by atoms with Gasteiger partial charge in [0.2, 0.25) is 0 Å². The third-order valence-electron chi connectivity index (χ3n) is 16.9. The highest BCUT2D eigenvalue weighted by Gasteiger charge is 2.42. The maximum absolute atomic E-state index is 13.9. The average Bonchev–Trinajstić information content (AvgIpc) is 1.61. The van der Waals surface area contributed by atoms with Crippen LogP contribution < -0.4 is 26.2 Å². The molecule has 3 heterocycles. The zero-order valence-corrected chi connectivity index (χ0v) is 59.5. The van der Waals surface area contributed by atoms with Crippen molar-refractivity contribution in [2.45, 2.75) is 113 Å². The molecule has 1 aliphatic heterocycles. The summed E-state index contributed by atoms with van der Waals surface area (Å²) < 4.78 is 172. The van der Waals surface area contributed by atoms with E-state index in [4.69, 9.17) is 10.2 Å². The first-order valence-electron chi connectivity index (χ1n) is 31.3. The van der Waals surface area contributed by atoms with Crippen LogP contribution in [0.15, 0.2) is 119 Å². The molecule has 6 aromatic rings. The van der Waals surface area contributed by atoms with Crippen molar-refractivity contribution < 1.29 is 104 Å². The van der Waals surface area contributed by atoms with Crippen LogP contribution in [-0.2, 0) is 71.0 Å². The summed E-state index contributed by atoms with van der Waals surface area (Å²) in [5.41, 5.74) is -0.565. The highest BCUT2D eigenvalue weighted by Crippen LogP contribution is 2.54. The number of allylic oxidation sites excluding steroid dienone is 5. The summed E-state index contributed by atoms with van der Waals surface area (Å²) in [5.74, 6) is -7.99. The fourth-order valence-electron chi connectivity index (χ4n) is 11.7. The maximum Gasteiger partial charge on any atom is 0.303 e. The van der Waals surface area contributed by atoms with Crippen LogP contribution in [0.4, 0.5) is 5.69 Å². The lowest BCUT2D eigenvalue weighted by Gasteiger charge is -2.30. The highest BCUT2D eigenvalue weighted by molar-refractivity contribution is 7.86. The summed E-state index contributed by atoms with van der Waals surface area (Å²) in [4.78, 5) is 86.7. The molecule has 4 aromatic carbocycles. The van der Waals surface area contributed by atoms with Crippen LogP contribution in [-0.4, -0.2) is 171 Å². The SMILES string of the molecule is C=C(/C=C/C=C1/N(CCCS(=O)(=O)O)c2c(cc(-c3cc(C(=O)NCCCCCC(=O)O)nc(C(=O)NCCS(=O)(=O)O)c3)c3ccc(S(=O)(=O)O)cc23)C1(C)C)C(C)(C)c1cc(-c2cc(C(=O)NCCCCCC(=O)O)nc(C(=O)NCCS(=O)(=O)O)c2)c2ccc(S(=O)(=O)O)cc2c1C. The van der Waals surface area contributed by atoms with Gasteiger partial charge in [-0.15, -0.1) is 0 Å². The van der Waals surface area contributed by atoms with Crippen molar-refractivity contribution in [3.8, 4) is 22.3 Å². The molecule has 0 unspecified atom stereocenters. The van der Waals surface area contributed by atoms with Gasteiger partial charge in [-0.2, -0.15) is 42.1 Å². The van der Waals surface area contributed by atoms with Crippen LogP contribution in [0, 0.1) is 6.92 Å². The molecule has 0 saturated carbocycles. The van der Waals surface area contributed by atoms with Crippen molar-refractivity contribution in [3.05, 3.63) is 148 Å². The van der Waals surface area contributed by atoms with Crippen LogP contribution in [0.5, 0.6) is 0 Å². The van der Waals surface area contributed by atoms with Gasteiger partial charge in [-0.05, 0) is 166 Å². The predicted octanol–water partition coefficient (Wildman–Crippen LogP) is 7.25. The molecule has 0 fully saturated rings. The molecule has 0 radical (unpaired) electrons. The van der Waals surface area contributed by atoms with Gasteiger partial charge < -0.3 is 36.4 Å². The quantitative estimate of drug-likeness (QED) is 0.0108. The number of amides is 4. The van der Waals surface area contributed by atoms with Gasteiger partial charge >= 0.3 is 11.9 Å². The van der Waals surface area contributed by atoms with Crippen LogP contribution in [0.1, 0.15) is 144 Å². The number of benzene rings is 4. The van der Waals surface area contributed by atoms with E-state index in [0.717, 1.165) is 12.1 Å². The number of pyridine rings is 2. The summed E-state index contributed by atoms with van der Waals surface area (Å²) >= 11 is 0. The van der Waals surface area contributed by atoms with Crippen molar-refractivity contribution in [2.75, 3.05) is 54.9 Å². The first-order valence-corrected chi connectivity index (χ1v) is 39.1. The average molecular weight is 1500 g/mol. The lowest BCUT2D eigenvalue weighted by Crippen LogP contribution is -2.31. The molecule has 7 rings (SSSR count). The first kappa shape index (κ1) is 79.4. The summed E-state index contributed by atoms with van der Waals surface area (Å²) in [6.07, 6.45) is 6.73. The monoisotopic (exact) mass is 1500 g/mol. The molecule has 0 saturated heterocycles. The second-order valence-corrected chi connectivity index (χ2v) is 32.6. The minimum atomic E-state index is -4.97. The lowest BCUT2D eigenvalue weighted by atomic mass is 9.74. The Labute approximate surface area is 583 Å². The number of carbonyl (C=O) groups excluding carboxylic acids is 4. The van der Waals surface area contributed by atoms with Gasteiger partial charge in [0.1, 0.15) is 22.8 Å². The molecule has 0 bridgehead atoms. The number of aryl methyl sites for hydroxylation is 1. The van der Waals surface area contributed by atoms with E-state index < -0.39 is 143 Å². The standard InChI is InChI=1S/C66H77N7O23S5/c1-39(65(3,4)51-37-48(45-21-19-43(100(91,92)93)35-47(45)40(51)2)41-31-53(61(78)67-23-11-7-9-17-58(74)75)71-55(32-41)63(80)69-25-29-98(85,86)87)15-13-16-57-66(5,6)52-38-49(46-22-20-44(101(94,95)96)36-50(46)60(52)73(57)27-14-28-97(82,83)84)42-33-54(62(79)68-24-12-8-10-18-59(76)77)72-56(34-42)64(81)70-26-30-99(88,89)90/h13,15-16,19-22,31-38H,1,7-12,14,17-18,23-30H2,2-6H3,(H,67,78)(H,68,79)(H,69,80)(H,70,81)(H,74,75)(H,76,77)(H,82,83,84)(H,85,86,87)(H,88,89,90)(H,91,92,93)(H,94,95,96)/b15-13+,57-16+. The van der Waals surface area contributed by atoms with E-state index >= 15 is 0 Å². The molecular weight excluding hydrogens is 1420 g/mol. The number of unbranched alkanes of at least 4 members (excludes halogenated alkanes) is 4. The van der Waals surface area contributed by atoms with Crippen LogP contribution >= 0.6 is 0 Å². The molecule has 0 spiro atoms. The van der Waals surface area contributed by atoms with E-state index in [1.165, 1.54) is 48.5 Å². The number of carboxylic acid groups (broad SMARTS) is 2. The van der Waals surface area contributed by atoms with Gasteiger partial charge in [0.05, 0.1) is 32.7 Å². The zero-order chi connectivity index (χ0) is 75.0. The Morgan fingerprint density at radius 3 is 1.35 bits per heavy atom. The Hall–Kier alpha value is -8.91. The third kappa shape index (κ3) is 20.9. The summed E-state index contributed by atoms with van der Waals surface area (Å²) in [7, 11) is -23.5. The summed E-state index contributed by atoms with van der Waals surface area (Å²) in [6, 6.07) is 16.1. The van der Waals surface area contributed by atoms with Gasteiger partial charge in [-0.1, -0.05) is 71.4 Å². The second-order valence-electron chi connectivity index (χ2n) is 25.0. The zero-order valence-electron chi connectivity index (χ0n) is 55.4. The Balaban J connectivity index is 1.39. The lowest BCUT2D eigenvalue weighted by molar-refractivity contribution is -0.138. The van der Waals surface area contributed by atoms with Gasteiger partial charge in [-0.25, -0.2) is 9.97 Å². The molecular formula is C66H77N7O23S5. The molecule has 4 amide bonds. The van der Waals surface area contributed by atoms with E-state index in [9.17, 15) is 93.6 Å². The molecule has 0 atom stereocenters. The number of aromatic nitrogens is 2. The third-order valence-corrected chi connectivity index (χ3v) is 20.9. The van der Waals surface area contributed by atoms with Crippen molar-refractivity contribution >= 4 is 113 Å². The summed E-state index contributed by atoms with van der Waals surface area (Å²) in [6.45, 7) is 12.0. The largest absolute Gasteiger partial charge is 0.481 e. The fourth-order valence-corrected chi connectivity index (χ4v) is 13.9. The van der Waals surface area contributed by atoms with Crippen LogP contribution in [0.3, 0.4) is 0 Å². The Morgan fingerprint density at radius 1 is 0.525 bits per heavy atom. The molecule has 1 aliphatic rings. The fraction of sp³-hybridized carbons (Fsp3) is 0.364. The van der Waals surface area contributed by atoms with Crippen LogP contribution in [0.25, 0.3) is 43.8 Å². The molecule has 11 N–H and O–H groups in total. The number of carboxylic acids is 2. The van der Waals surface area contributed by atoms with E-state index in [1.807, 2.05) is 0 Å². The molecule has 30 nitrogen and oxygen atoms in total. The molecule has 101 heavy (non-hydrogen) atoms. The highest BCUT2D eigenvalue weighted by atomic mass is 32.2. The normalized spacial score (nSPS) is 13.9. The number of carbonyl (C=O) groups is 6. The minimum Gasteiger partial charge on any atom is -0.481 e. The van der Waals surface area contributed by atoms with Gasteiger partial charge in [-0.3, -0.25) is 51.5 Å². The number of rotatable bonds is 34. The molecule has 544 valence electrons. The Bertz CT molecular complexity index is 5000. The number of nitrogens with zero attached hydrogens (tertiary/aromatic N) is 3. The van der Waals surface area contributed by atoms with E-state index in [1.54, 1.807) is 69.9 Å². The van der Waals surface area contributed by atoms with Crippen molar-refractivity contribution in [2.24, 2.45) is 0 Å². The Morgan fingerprint density at radius 2 is 0.931 bits per heavy atom. The number of hydrogen-bond donors (Lipinski definition) is 11. The number of anilines is 1. The Kier molecular flexibility index (Phi) is 25.1. The topological polar surface area (TPSA) is 492 Å². The van der Waals surface area contributed by atoms with E-state index in [0.29, 0.717) is 77.6 Å². The number of fused-ring (bicyclic) bond motifs is 4. The number of nitrogens with one attached hydrogen (secondary N) is 4. The molecule has 2 aromatic heterocycles. The van der Waals surface area contributed by atoms with Crippen molar-refractivity contribution in [3.63, 3.8) is 0 Å². The van der Waals surface area contributed by atoms with Crippen molar-refractivity contribution in [1.82, 2.24) is 31.2 Å². The maximum atomic E-state index is 13.9. The smallest absolute Gasteiger partial charge is 0.303 e. The van der Waals surface area contributed by atoms with Gasteiger partial charge in [0.25, 0.3) is 74.2 Å². The van der Waals surface area contributed by atoms with Crippen LogP contribution in [0.2, 0.25) is 0 Å². The summed E-state index contributed by atoms with van der Waals surface area (Å²) in [5, 5.41) is 29.2. The van der Waals surface area contributed by atoms with Gasteiger partial charge in [0.15, 0.2) is 0 Å². The molecule has 35 heteroatoms.